The standard InChI is InChI=1S/C15H17FN4O/c1-3-9-17-13-8-7-12(19-20-13)15(21)18-14-10(2)5-4-6-11(14)16/h4-8H,3,9H2,1-2H3,(H,17,20)(H,18,21). The molecule has 0 aliphatic heterocycles. The Morgan fingerprint density at radius 3 is 2.67 bits per heavy atom. The van der Waals surface area contributed by atoms with Crippen LogP contribution in [0, 0.1) is 12.7 Å². The lowest BCUT2D eigenvalue weighted by Crippen LogP contribution is -2.16. The summed E-state index contributed by atoms with van der Waals surface area (Å²) in [6, 6.07) is 7.84. The van der Waals surface area contributed by atoms with Gasteiger partial charge in [0.15, 0.2) is 5.69 Å². The fraction of sp³-hybridized carbons (Fsp3) is 0.267. The van der Waals surface area contributed by atoms with E-state index < -0.39 is 11.7 Å². The summed E-state index contributed by atoms with van der Waals surface area (Å²) in [5.41, 5.74) is 0.953. The number of rotatable bonds is 5. The summed E-state index contributed by atoms with van der Waals surface area (Å²) >= 11 is 0. The predicted molar refractivity (Wildman–Crippen MR) is 79.9 cm³/mol. The zero-order valence-electron chi connectivity index (χ0n) is 12.0. The van der Waals surface area contributed by atoms with Crippen molar-refractivity contribution in [1.82, 2.24) is 10.2 Å². The van der Waals surface area contributed by atoms with Gasteiger partial charge >= 0.3 is 0 Å². The monoisotopic (exact) mass is 288 g/mol. The van der Waals surface area contributed by atoms with Gasteiger partial charge in [-0.25, -0.2) is 4.39 Å². The number of hydrogen-bond donors (Lipinski definition) is 2. The predicted octanol–water partition coefficient (Wildman–Crippen LogP) is 3.00. The van der Waals surface area contributed by atoms with Crippen molar-refractivity contribution in [3.05, 3.63) is 47.4 Å². The number of amides is 1. The van der Waals surface area contributed by atoms with Gasteiger partial charge in [0.25, 0.3) is 5.91 Å². The summed E-state index contributed by atoms with van der Waals surface area (Å²) in [5.74, 6) is -0.356. The van der Waals surface area contributed by atoms with Gasteiger partial charge in [-0.1, -0.05) is 19.1 Å². The first kappa shape index (κ1) is 14.9. The second-order valence-electron chi connectivity index (χ2n) is 4.62. The number of carbonyl (C=O) groups excluding carboxylic acids is 1. The molecular weight excluding hydrogens is 271 g/mol. The van der Waals surface area contributed by atoms with Crippen molar-refractivity contribution in [3.63, 3.8) is 0 Å². The van der Waals surface area contributed by atoms with Gasteiger partial charge in [-0.15, -0.1) is 10.2 Å². The van der Waals surface area contributed by atoms with E-state index in [1.807, 2.05) is 6.92 Å². The number of hydrogen-bond acceptors (Lipinski definition) is 4. The highest BCUT2D eigenvalue weighted by molar-refractivity contribution is 6.03. The van der Waals surface area contributed by atoms with Crippen LogP contribution in [0.1, 0.15) is 29.4 Å². The number of halogens is 1. The number of aryl methyl sites for hydroxylation is 1. The number of benzene rings is 1. The Kier molecular flexibility index (Phi) is 4.81. The van der Waals surface area contributed by atoms with Crippen LogP contribution in [-0.2, 0) is 0 Å². The van der Waals surface area contributed by atoms with E-state index in [0.717, 1.165) is 13.0 Å². The maximum atomic E-state index is 13.7. The second kappa shape index (κ2) is 6.78. The van der Waals surface area contributed by atoms with Crippen LogP contribution in [0.25, 0.3) is 0 Å². The molecule has 2 N–H and O–H groups in total. The molecule has 1 aromatic heterocycles. The molecule has 1 amide bonds. The van der Waals surface area contributed by atoms with Gasteiger partial charge in [0.2, 0.25) is 0 Å². The average molecular weight is 288 g/mol. The smallest absolute Gasteiger partial charge is 0.276 e. The Hall–Kier alpha value is -2.50. The first-order valence-electron chi connectivity index (χ1n) is 6.76. The summed E-state index contributed by atoms with van der Waals surface area (Å²) in [4.78, 5) is 12.0. The van der Waals surface area contributed by atoms with Crippen LogP contribution in [0.3, 0.4) is 0 Å². The van der Waals surface area contributed by atoms with E-state index in [4.69, 9.17) is 0 Å². The number of carbonyl (C=O) groups is 1. The molecule has 0 aliphatic rings. The maximum absolute atomic E-state index is 13.7. The molecule has 0 saturated heterocycles. The summed E-state index contributed by atoms with van der Waals surface area (Å²) in [6.07, 6.45) is 0.969. The third-order valence-corrected chi connectivity index (χ3v) is 2.91. The normalized spacial score (nSPS) is 10.2. The second-order valence-corrected chi connectivity index (χ2v) is 4.62. The molecule has 0 saturated carbocycles. The van der Waals surface area contributed by atoms with Gasteiger partial charge in [-0.2, -0.15) is 0 Å². The lowest BCUT2D eigenvalue weighted by molar-refractivity contribution is 0.102. The largest absolute Gasteiger partial charge is 0.369 e. The number of aromatic nitrogens is 2. The van der Waals surface area contributed by atoms with E-state index in [1.165, 1.54) is 6.07 Å². The van der Waals surface area contributed by atoms with Crippen LogP contribution in [-0.4, -0.2) is 22.6 Å². The Balaban J connectivity index is 2.10. The molecule has 2 aromatic rings. The first-order valence-corrected chi connectivity index (χ1v) is 6.76. The highest BCUT2D eigenvalue weighted by atomic mass is 19.1. The molecular formula is C15H17FN4O. The molecule has 0 spiro atoms. The van der Waals surface area contributed by atoms with Crippen molar-refractivity contribution in [1.29, 1.82) is 0 Å². The highest BCUT2D eigenvalue weighted by Crippen LogP contribution is 2.19. The number of nitrogens with zero attached hydrogens (tertiary/aromatic N) is 2. The van der Waals surface area contributed by atoms with Gasteiger partial charge in [0.1, 0.15) is 11.6 Å². The highest BCUT2D eigenvalue weighted by Gasteiger charge is 2.12. The van der Waals surface area contributed by atoms with E-state index in [2.05, 4.69) is 20.8 Å². The Morgan fingerprint density at radius 1 is 1.24 bits per heavy atom. The van der Waals surface area contributed by atoms with E-state index in [1.54, 1.807) is 31.2 Å². The van der Waals surface area contributed by atoms with E-state index in [0.29, 0.717) is 11.4 Å². The molecule has 0 unspecified atom stereocenters. The minimum absolute atomic E-state index is 0.139. The lowest BCUT2D eigenvalue weighted by atomic mass is 10.2. The SMILES string of the molecule is CCCNc1ccc(C(=O)Nc2c(C)cccc2F)nn1. The van der Waals surface area contributed by atoms with Gasteiger partial charge < -0.3 is 10.6 Å². The van der Waals surface area contributed by atoms with Gasteiger partial charge in [0, 0.05) is 6.54 Å². The quantitative estimate of drug-likeness (QED) is 0.887. The van der Waals surface area contributed by atoms with Crippen molar-refractivity contribution in [2.24, 2.45) is 0 Å². The zero-order chi connectivity index (χ0) is 15.2. The van der Waals surface area contributed by atoms with E-state index in [-0.39, 0.29) is 11.4 Å². The van der Waals surface area contributed by atoms with Gasteiger partial charge in [-0.3, -0.25) is 4.79 Å². The Labute approximate surface area is 122 Å². The van der Waals surface area contributed by atoms with Crippen molar-refractivity contribution < 1.29 is 9.18 Å². The first-order chi connectivity index (χ1) is 10.1. The summed E-state index contributed by atoms with van der Waals surface area (Å²) in [6.45, 7) is 4.55. The molecule has 21 heavy (non-hydrogen) atoms. The number of anilines is 2. The molecule has 0 atom stereocenters. The van der Waals surface area contributed by atoms with Crippen LogP contribution < -0.4 is 10.6 Å². The third-order valence-electron chi connectivity index (χ3n) is 2.91. The molecule has 6 heteroatoms. The molecule has 2 rings (SSSR count). The van der Waals surface area contributed by atoms with Crippen molar-refractivity contribution in [2.45, 2.75) is 20.3 Å². The van der Waals surface area contributed by atoms with Crippen LogP contribution in [0.5, 0.6) is 0 Å². The van der Waals surface area contributed by atoms with E-state index >= 15 is 0 Å². The molecule has 0 bridgehead atoms. The van der Waals surface area contributed by atoms with Crippen LogP contribution in [0.2, 0.25) is 0 Å². The van der Waals surface area contributed by atoms with Crippen molar-refractivity contribution >= 4 is 17.4 Å². The van der Waals surface area contributed by atoms with Crippen molar-refractivity contribution in [2.75, 3.05) is 17.2 Å². The molecule has 0 aliphatic carbocycles. The molecule has 0 fully saturated rings. The van der Waals surface area contributed by atoms with Crippen molar-refractivity contribution in [3.8, 4) is 0 Å². The molecule has 1 aromatic carbocycles. The Bertz CT molecular complexity index is 608. The third kappa shape index (κ3) is 3.75. The topological polar surface area (TPSA) is 66.9 Å². The summed E-state index contributed by atoms with van der Waals surface area (Å²) in [5, 5.41) is 13.3. The van der Waals surface area contributed by atoms with Crippen LogP contribution >= 0.6 is 0 Å². The molecule has 5 nitrogen and oxygen atoms in total. The fourth-order valence-corrected chi connectivity index (χ4v) is 1.77. The lowest BCUT2D eigenvalue weighted by Gasteiger charge is -2.09. The summed E-state index contributed by atoms with van der Waals surface area (Å²) < 4.78 is 13.7. The van der Waals surface area contributed by atoms with E-state index in [9.17, 15) is 9.18 Å². The average Bonchev–Trinajstić information content (AvgIpc) is 2.49. The van der Waals surface area contributed by atoms with Gasteiger partial charge in [0.05, 0.1) is 5.69 Å². The number of nitrogens with one attached hydrogen (secondary N) is 2. The zero-order valence-corrected chi connectivity index (χ0v) is 12.0. The van der Waals surface area contributed by atoms with Gasteiger partial charge in [-0.05, 0) is 37.1 Å². The fourth-order valence-electron chi connectivity index (χ4n) is 1.77. The summed E-state index contributed by atoms with van der Waals surface area (Å²) in [7, 11) is 0. The molecule has 1 heterocycles. The maximum Gasteiger partial charge on any atom is 0.276 e. The van der Waals surface area contributed by atoms with Crippen LogP contribution in [0.4, 0.5) is 15.9 Å². The minimum Gasteiger partial charge on any atom is -0.369 e. The molecule has 110 valence electrons. The Morgan fingerprint density at radius 2 is 2.05 bits per heavy atom. The molecule has 0 radical (unpaired) electrons. The minimum atomic E-state index is -0.488. The number of para-hydroxylation sites is 1. The van der Waals surface area contributed by atoms with Crippen LogP contribution in [0.15, 0.2) is 30.3 Å².